The van der Waals surface area contributed by atoms with E-state index in [-0.39, 0.29) is 29.8 Å². The summed E-state index contributed by atoms with van der Waals surface area (Å²) in [7, 11) is -3.10. The van der Waals surface area contributed by atoms with Crippen molar-refractivity contribution in [3.05, 3.63) is 35.6 Å². The third kappa shape index (κ3) is 3.76. The number of rotatable bonds is 3. The third-order valence-electron chi connectivity index (χ3n) is 3.24. The Hall–Kier alpha value is -1.43. The van der Waals surface area contributed by atoms with Crippen LogP contribution >= 0.6 is 0 Å². The lowest BCUT2D eigenvalue weighted by atomic mass is 10.0. The van der Waals surface area contributed by atoms with Crippen LogP contribution in [0.25, 0.3) is 0 Å². The first-order valence-corrected chi connectivity index (χ1v) is 8.01. The molecule has 104 valence electrons. The molecule has 0 spiro atoms. The summed E-state index contributed by atoms with van der Waals surface area (Å²) in [6, 6.07) is 6.18. The molecule has 1 unspecified atom stereocenters. The predicted molar refractivity (Wildman–Crippen MR) is 69.6 cm³/mol. The highest BCUT2D eigenvalue weighted by molar-refractivity contribution is 7.91. The molecule has 0 aliphatic carbocycles. The quantitative estimate of drug-likeness (QED) is 0.909. The molecule has 2 rings (SSSR count). The van der Waals surface area contributed by atoms with Crippen LogP contribution in [0.4, 0.5) is 4.39 Å². The van der Waals surface area contributed by atoms with Crippen LogP contribution in [0.2, 0.25) is 0 Å². The average Bonchev–Trinajstić information content (AvgIpc) is 2.36. The summed E-state index contributed by atoms with van der Waals surface area (Å²) in [4.78, 5) is 11.9. The van der Waals surface area contributed by atoms with Gasteiger partial charge < -0.3 is 5.32 Å². The lowest BCUT2D eigenvalue weighted by Crippen LogP contribution is -2.37. The molecule has 0 aromatic heterocycles. The van der Waals surface area contributed by atoms with Gasteiger partial charge in [-0.15, -0.1) is 0 Å². The Morgan fingerprint density at radius 2 is 2.11 bits per heavy atom. The number of benzene rings is 1. The van der Waals surface area contributed by atoms with E-state index in [4.69, 9.17) is 0 Å². The Kier molecular flexibility index (Phi) is 4.19. The minimum atomic E-state index is -3.10. The smallest absolute Gasteiger partial charge is 0.224 e. The number of hydrogen-bond donors (Lipinski definition) is 1. The van der Waals surface area contributed by atoms with Gasteiger partial charge in [-0.3, -0.25) is 4.79 Å². The molecule has 1 N–H and O–H groups in total. The van der Waals surface area contributed by atoms with Crippen LogP contribution in [0.3, 0.4) is 0 Å². The van der Waals surface area contributed by atoms with Crippen molar-refractivity contribution >= 4 is 15.7 Å². The van der Waals surface area contributed by atoms with Crippen LogP contribution < -0.4 is 5.32 Å². The van der Waals surface area contributed by atoms with Crippen LogP contribution in [0.5, 0.6) is 0 Å². The van der Waals surface area contributed by atoms with Crippen molar-refractivity contribution in [1.82, 2.24) is 5.32 Å². The average molecular weight is 285 g/mol. The topological polar surface area (TPSA) is 63.2 Å². The van der Waals surface area contributed by atoms with Crippen LogP contribution in [0.15, 0.2) is 24.3 Å². The van der Waals surface area contributed by atoms with E-state index < -0.39 is 15.8 Å². The number of halogens is 1. The van der Waals surface area contributed by atoms with E-state index in [1.165, 1.54) is 6.07 Å². The Morgan fingerprint density at radius 1 is 1.37 bits per heavy atom. The number of sulfone groups is 1. The van der Waals surface area contributed by atoms with E-state index in [2.05, 4.69) is 5.32 Å². The Morgan fingerprint density at radius 3 is 2.79 bits per heavy atom. The molecular weight excluding hydrogens is 269 g/mol. The Bertz CT molecular complexity index is 571. The lowest BCUT2D eigenvalue weighted by molar-refractivity contribution is -0.124. The van der Waals surface area contributed by atoms with Crippen molar-refractivity contribution in [1.29, 1.82) is 0 Å². The van der Waals surface area contributed by atoms with Crippen molar-refractivity contribution < 1.29 is 17.6 Å². The first kappa shape index (κ1) is 14.0. The summed E-state index contributed by atoms with van der Waals surface area (Å²) in [6.07, 6.45) is 1.09. The monoisotopic (exact) mass is 285 g/mol. The van der Waals surface area contributed by atoms with Crippen LogP contribution in [0, 0.1) is 11.7 Å². The lowest BCUT2D eigenvalue weighted by Gasteiger charge is -2.21. The summed E-state index contributed by atoms with van der Waals surface area (Å²) < 4.78 is 36.3. The summed E-state index contributed by atoms with van der Waals surface area (Å²) >= 11 is 0. The second kappa shape index (κ2) is 5.69. The predicted octanol–water partition coefficient (Wildman–Crippen LogP) is 1.27. The molecule has 1 fully saturated rings. The number of carbonyl (C=O) groups excluding carboxylic acids is 1. The van der Waals surface area contributed by atoms with E-state index in [9.17, 15) is 17.6 Å². The van der Waals surface area contributed by atoms with Gasteiger partial charge in [-0.1, -0.05) is 18.2 Å². The number of nitrogens with one attached hydrogen (secondary N) is 1. The van der Waals surface area contributed by atoms with Gasteiger partial charge in [0.25, 0.3) is 0 Å². The number of carbonyl (C=O) groups is 1. The van der Waals surface area contributed by atoms with E-state index in [0.29, 0.717) is 18.4 Å². The molecule has 1 amide bonds. The zero-order chi connectivity index (χ0) is 13.9. The number of hydrogen-bond acceptors (Lipinski definition) is 3. The molecule has 6 heteroatoms. The van der Waals surface area contributed by atoms with E-state index in [1.807, 2.05) is 0 Å². The van der Waals surface area contributed by atoms with Gasteiger partial charge in [0.15, 0.2) is 9.84 Å². The molecule has 1 saturated heterocycles. The Labute approximate surface area is 111 Å². The minimum Gasteiger partial charge on any atom is -0.352 e. The fourth-order valence-electron chi connectivity index (χ4n) is 2.20. The first-order chi connectivity index (χ1) is 8.98. The molecule has 1 aromatic carbocycles. The summed E-state index contributed by atoms with van der Waals surface area (Å²) in [5.41, 5.74) is 0.398. The van der Waals surface area contributed by atoms with Gasteiger partial charge in [-0.2, -0.15) is 0 Å². The normalized spacial score (nSPS) is 21.8. The van der Waals surface area contributed by atoms with Crippen LogP contribution in [0.1, 0.15) is 18.4 Å². The van der Waals surface area contributed by atoms with E-state index in [1.54, 1.807) is 18.2 Å². The fraction of sp³-hybridized carbons (Fsp3) is 0.462. The van der Waals surface area contributed by atoms with Gasteiger partial charge in [-0.25, -0.2) is 12.8 Å². The summed E-state index contributed by atoms with van der Waals surface area (Å²) in [5.74, 6) is -1.14. The highest BCUT2D eigenvalue weighted by Crippen LogP contribution is 2.18. The van der Waals surface area contributed by atoms with E-state index >= 15 is 0 Å². The fourth-order valence-corrected chi connectivity index (χ4v) is 3.90. The maximum absolute atomic E-state index is 13.4. The second-order valence-electron chi connectivity index (χ2n) is 4.76. The van der Waals surface area contributed by atoms with Crippen molar-refractivity contribution in [2.45, 2.75) is 19.4 Å². The molecule has 1 atom stereocenters. The molecule has 1 heterocycles. The van der Waals surface area contributed by atoms with Crippen LogP contribution in [-0.4, -0.2) is 25.8 Å². The molecule has 1 aliphatic heterocycles. The third-order valence-corrected chi connectivity index (χ3v) is 5.07. The SMILES string of the molecule is O=C(NCc1ccccc1F)C1CCCS(=O)(=O)C1. The zero-order valence-corrected chi connectivity index (χ0v) is 11.2. The van der Waals surface area contributed by atoms with Crippen molar-refractivity contribution in [3.63, 3.8) is 0 Å². The molecule has 1 aromatic rings. The highest BCUT2D eigenvalue weighted by atomic mass is 32.2. The number of amides is 1. The minimum absolute atomic E-state index is 0.0854. The van der Waals surface area contributed by atoms with Gasteiger partial charge in [0.1, 0.15) is 5.82 Å². The Balaban J connectivity index is 1.93. The zero-order valence-electron chi connectivity index (χ0n) is 10.4. The van der Waals surface area contributed by atoms with Crippen molar-refractivity contribution in [2.75, 3.05) is 11.5 Å². The molecular formula is C13H16FNO3S. The van der Waals surface area contributed by atoms with Crippen molar-refractivity contribution in [3.8, 4) is 0 Å². The van der Waals surface area contributed by atoms with Gasteiger partial charge in [0.2, 0.25) is 5.91 Å². The van der Waals surface area contributed by atoms with Gasteiger partial charge in [0.05, 0.1) is 17.4 Å². The molecule has 0 bridgehead atoms. The van der Waals surface area contributed by atoms with Gasteiger partial charge in [0, 0.05) is 12.1 Å². The van der Waals surface area contributed by atoms with E-state index in [0.717, 1.165) is 0 Å². The standard InChI is InChI=1S/C13H16FNO3S/c14-12-6-2-1-4-10(12)8-15-13(16)11-5-3-7-19(17,18)9-11/h1-2,4,6,11H,3,5,7-9H2,(H,15,16). The van der Waals surface area contributed by atoms with Crippen molar-refractivity contribution in [2.24, 2.45) is 5.92 Å². The largest absolute Gasteiger partial charge is 0.352 e. The summed E-state index contributed by atoms with van der Waals surface area (Å²) in [5, 5.41) is 2.60. The molecule has 1 aliphatic rings. The molecule has 4 nitrogen and oxygen atoms in total. The van der Waals surface area contributed by atoms with Crippen LogP contribution in [-0.2, 0) is 21.2 Å². The maximum Gasteiger partial charge on any atom is 0.224 e. The summed E-state index contributed by atoms with van der Waals surface area (Å²) in [6.45, 7) is 0.0854. The first-order valence-electron chi connectivity index (χ1n) is 6.19. The molecule has 0 radical (unpaired) electrons. The highest BCUT2D eigenvalue weighted by Gasteiger charge is 2.29. The molecule has 19 heavy (non-hydrogen) atoms. The van der Waals surface area contributed by atoms with Gasteiger partial charge in [-0.05, 0) is 18.9 Å². The maximum atomic E-state index is 13.4. The van der Waals surface area contributed by atoms with Gasteiger partial charge >= 0.3 is 0 Å². The second-order valence-corrected chi connectivity index (χ2v) is 6.99. The molecule has 0 saturated carbocycles.